The lowest BCUT2D eigenvalue weighted by atomic mass is 9.94. The first kappa shape index (κ1) is 11.4. The number of benzene rings is 1. The van der Waals surface area contributed by atoms with Gasteiger partial charge < -0.3 is 9.84 Å². The molecule has 1 aliphatic carbocycles. The summed E-state index contributed by atoms with van der Waals surface area (Å²) < 4.78 is 4.56. The molecule has 0 saturated heterocycles. The summed E-state index contributed by atoms with van der Waals surface area (Å²) in [5.74, 6) is -1.94. The number of carbonyl (C=O) groups excluding carboxylic acids is 1. The van der Waals surface area contributed by atoms with Crippen molar-refractivity contribution in [1.29, 1.82) is 0 Å². The van der Waals surface area contributed by atoms with Gasteiger partial charge in [0, 0.05) is 0 Å². The van der Waals surface area contributed by atoms with Crippen molar-refractivity contribution in [2.24, 2.45) is 5.41 Å². The zero-order valence-electron chi connectivity index (χ0n) is 9.56. The van der Waals surface area contributed by atoms with Crippen molar-refractivity contribution in [3.8, 4) is 0 Å². The molecule has 88 valence electrons. The lowest BCUT2D eigenvalue weighted by Gasteiger charge is -2.12. The molecule has 1 aromatic rings. The normalized spacial score (nSPS) is 21.6. The molecule has 0 radical (unpaired) electrons. The van der Waals surface area contributed by atoms with Crippen molar-refractivity contribution >= 4 is 17.5 Å². The van der Waals surface area contributed by atoms with Gasteiger partial charge >= 0.3 is 11.9 Å². The smallest absolute Gasteiger partial charge is 0.331 e. The molecule has 4 heteroatoms. The van der Waals surface area contributed by atoms with Crippen molar-refractivity contribution in [2.45, 2.75) is 6.92 Å². The quantitative estimate of drug-likeness (QED) is 0.635. The molecule has 0 heterocycles. The van der Waals surface area contributed by atoms with E-state index in [1.54, 1.807) is 6.07 Å². The third-order valence-electron chi connectivity index (χ3n) is 2.98. The average Bonchev–Trinajstić information content (AvgIpc) is 3.05. The molecular formula is C13H12O4. The zero-order chi connectivity index (χ0) is 12.6. The fourth-order valence-corrected chi connectivity index (χ4v) is 1.94. The number of rotatable bonds is 3. The van der Waals surface area contributed by atoms with Crippen LogP contribution in [0.2, 0.25) is 0 Å². The Morgan fingerprint density at radius 1 is 1.29 bits per heavy atom. The van der Waals surface area contributed by atoms with Crippen LogP contribution < -0.4 is 0 Å². The second kappa shape index (κ2) is 3.73. The highest BCUT2D eigenvalue weighted by Crippen LogP contribution is 2.52. The number of aliphatic carboxylic acids is 1. The number of carboxylic acid groups (broad SMARTS) is 1. The average molecular weight is 232 g/mol. The van der Waals surface area contributed by atoms with E-state index < -0.39 is 17.4 Å². The van der Waals surface area contributed by atoms with E-state index in [0.717, 1.165) is 11.1 Å². The standard InChI is InChI=1S/C13H12O4/c1-8-5-3-4-6-9(8)10-7-13(10,11(14)15)12(16)17-2/h3-7H,1-2H3,(H,14,15). The lowest BCUT2D eigenvalue weighted by Crippen LogP contribution is -2.29. The van der Waals surface area contributed by atoms with E-state index in [0.29, 0.717) is 5.57 Å². The predicted octanol–water partition coefficient (Wildman–Crippen LogP) is 1.64. The van der Waals surface area contributed by atoms with Crippen LogP contribution in [-0.2, 0) is 14.3 Å². The van der Waals surface area contributed by atoms with Crippen molar-refractivity contribution < 1.29 is 19.4 Å². The van der Waals surface area contributed by atoms with Gasteiger partial charge in [-0.2, -0.15) is 0 Å². The van der Waals surface area contributed by atoms with E-state index in [1.807, 2.05) is 25.1 Å². The van der Waals surface area contributed by atoms with Crippen LogP contribution in [0.4, 0.5) is 0 Å². The molecule has 0 saturated carbocycles. The predicted molar refractivity (Wildman–Crippen MR) is 61.2 cm³/mol. The summed E-state index contributed by atoms with van der Waals surface area (Å²) in [6, 6.07) is 7.35. The number of carbonyl (C=O) groups is 2. The third-order valence-corrected chi connectivity index (χ3v) is 2.98. The summed E-state index contributed by atoms with van der Waals surface area (Å²) in [5.41, 5.74) is 0.641. The van der Waals surface area contributed by atoms with Gasteiger partial charge in [-0.1, -0.05) is 24.3 Å². The zero-order valence-corrected chi connectivity index (χ0v) is 9.56. The van der Waals surface area contributed by atoms with Crippen LogP contribution in [0.5, 0.6) is 0 Å². The monoisotopic (exact) mass is 232 g/mol. The SMILES string of the molecule is COC(=O)C1(C(=O)O)C=C1c1ccccc1C. The Morgan fingerprint density at radius 3 is 2.47 bits per heavy atom. The highest BCUT2D eigenvalue weighted by molar-refractivity contribution is 6.22. The molecule has 1 N–H and O–H groups in total. The van der Waals surface area contributed by atoms with Crippen LogP contribution >= 0.6 is 0 Å². The summed E-state index contributed by atoms with van der Waals surface area (Å²) >= 11 is 0. The van der Waals surface area contributed by atoms with E-state index >= 15 is 0 Å². The van der Waals surface area contributed by atoms with Gasteiger partial charge in [0.2, 0.25) is 5.41 Å². The second-order valence-corrected chi connectivity index (χ2v) is 3.98. The summed E-state index contributed by atoms with van der Waals surface area (Å²) in [4.78, 5) is 22.8. The minimum Gasteiger partial charge on any atom is -0.480 e. The lowest BCUT2D eigenvalue weighted by molar-refractivity contribution is -0.156. The van der Waals surface area contributed by atoms with Crippen LogP contribution in [0.1, 0.15) is 11.1 Å². The van der Waals surface area contributed by atoms with Crippen molar-refractivity contribution in [3.05, 3.63) is 41.5 Å². The van der Waals surface area contributed by atoms with Gasteiger partial charge in [-0.3, -0.25) is 9.59 Å². The molecule has 1 unspecified atom stereocenters. The van der Waals surface area contributed by atoms with Gasteiger partial charge in [-0.25, -0.2) is 0 Å². The van der Waals surface area contributed by atoms with Crippen molar-refractivity contribution in [3.63, 3.8) is 0 Å². The van der Waals surface area contributed by atoms with E-state index in [4.69, 9.17) is 0 Å². The van der Waals surface area contributed by atoms with Crippen molar-refractivity contribution in [2.75, 3.05) is 7.11 Å². The number of ether oxygens (including phenoxy) is 1. The van der Waals surface area contributed by atoms with Crippen LogP contribution in [0.3, 0.4) is 0 Å². The number of methoxy groups -OCH3 is 1. The second-order valence-electron chi connectivity index (χ2n) is 3.98. The Bertz CT molecular complexity index is 530. The highest BCUT2D eigenvalue weighted by Gasteiger charge is 2.59. The van der Waals surface area contributed by atoms with Crippen LogP contribution in [0, 0.1) is 12.3 Å². The molecule has 4 nitrogen and oxygen atoms in total. The van der Waals surface area contributed by atoms with Gasteiger partial charge in [0.25, 0.3) is 0 Å². The Kier molecular flexibility index (Phi) is 2.50. The van der Waals surface area contributed by atoms with Gasteiger partial charge in [-0.05, 0) is 29.7 Å². The topological polar surface area (TPSA) is 63.6 Å². The van der Waals surface area contributed by atoms with E-state index in [-0.39, 0.29) is 0 Å². The van der Waals surface area contributed by atoms with E-state index in [2.05, 4.69) is 4.74 Å². The van der Waals surface area contributed by atoms with Gasteiger partial charge in [0.05, 0.1) is 7.11 Å². The Hall–Kier alpha value is -2.10. The van der Waals surface area contributed by atoms with Crippen molar-refractivity contribution in [1.82, 2.24) is 0 Å². The largest absolute Gasteiger partial charge is 0.480 e. The molecule has 0 aliphatic heterocycles. The third kappa shape index (κ3) is 1.53. The maximum Gasteiger partial charge on any atom is 0.331 e. The molecule has 1 atom stereocenters. The van der Waals surface area contributed by atoms with Gasteiger partial charge in [-0.15, -0.1) is 0 Å². The highest BCUT2D eigenvalue weighted by atomic mass is 16.5. The number of esters is 1. The Labute approximate surface area is 98.5 Å². The maximum absolute atomic E-state index is 11.6. The molecule has 0 bridgehead atoms. The molecular weight excluding hydrogens is 220 g/mol. The first-order valence-corrected chi connectivity index (χ1v) is 5.15. The summed E-state index contributed by atoms with van der Waals surface area (Å²) in [5, 5.41) is 9.17. The number of hydrogen-bond donors (Lipinski definition) is 1. The Balaban J connectivity index is 2.39. The Morgan fingerprint density at radius 2 is 1.94 bits per heavy atom. The summed E-state index contributed by atoms with van der Waals surface area (Å²) in [6.07, 6.45) is 1.43. The molecule has 1 aliphatic rings. The van der Waals surface area contributed by atoms with Gasteiger partial charge in [0.15, 0.2) is 0 Å². The fraction of sp³-hybridized carbons (Fsp3) is 0.231. The molecule has 17 heavy (non-hydrogen) atoms. The number of hydrogen-bond acceptors (Lipinski definition) is 3. The summed E-state index contributed by atoms with van der Waals surface area (Å²) in [7, 11) is 1.19. The maximum atomic E-state index is 11.6. The molecule has 0 amide bonds. The molecule has 0 fully saturated rings. The van der Waals surface area contributed by atoms with Crippen LogP contribution in [0.25, 0.3) is 5.57 Å². The van der Waals surface area contributed by atoms with Gasteiger partial charge in [0.1, 0.15) is 0 Å². The van der Waals surface area contributed by atoms with E-state index in [1.165, 1.54) is 13.2 Å². The molecule has 2 rings (SSSR count). The number of aryl methyl sites for hydroxylation is 1. The minimum absolute atomic E-state index is 0.509. The van der Waals surface area contributed by atoms with Crippen LogP contribution in [-0.4, -0.2) is 24.2 Å². The van der Waals surface area contributed by atoms with E-state index in [9.17, 15) is 14.7 Å². The molecule has 1 aromatic carbocycles. The first-order chi connectivity index (χ1) is 8.04. The fourth-order valence-electron chi connectivity index (χ4n) is 1.94. The molecule has 0 aromatic heterocycles. The first-order valence-electron chi connectivity index (χ1n) is 5.15. The minimum atomic E-state index is -1.58. The van der Waals surface area contributed by atoms with Crippen LogP contribution in [0.15, 0.2) is 30.3 Å². The number of carboxylic acids is 1. The molecule has 0 spiro atoms. The summed E-state index contributed by atoms with van der Waals surface area (Å²) in [6.45, 7) is 1.87.